The van der Waals surface area contributed by atoms with Gasteiger partial charge >= 0.3 is 0 Å². The standard InChI is InChI=1S/C25H24N4O2/c1-28-22-12-6-5-10-18(22)19(14-24(28)30)25(31)27-21-11-7-13-23-20(21)15-26-29(23)16-17-8-3-2-4-9-17/h2-6,8-10,12,14-15,21H,7,11,13,16H2,1H3,(H,27,31). The number of aryl methyl sites for hydroxylation is 1. The molecule has 5 rings (SSSR count). The summed E-state index contributed by atoms with van der Waals surface area (Å²) >= 11 is 0. The Morgan fingerprint density at radius 3 is 2.74 bits per heavy atom. The minimum absolute atomic E-state index is 0.108. The maximum atomic E-state index is 13.2. The lowest BCUT2D eigenvalue weighted by atomic mass is 9.92. The number of aromatic nitrogens is 3. The predicted molar refractivity (Wildman–Crippen MR) is 120 cm³/mol. The van der Waals surface area contributed by atoms with E-state index in [0.717, 1.165) is 42.3 Å². The van der Waals surface area contributed by atoms with Crippen LogP contribution >= 0.6 is 0 Å². The van der Waals surface area contributed by atoms with Crippen LogP contribution in [0.4, 0.5) is 0 Å². The van der Waals surface area contributed by atoms with E-state index in [1.165, 1.54) is 17.3 Å². The Kier molecular flexibility index (Phi) is 4.90. The molecule has 1 aliphatic carbocycles. The molecule has 0 saturated carbocycles. The van der Waals surface area contributed by atoms with Crippen molar-refractivity contribution < 1.29 is 4.79 Å². The fraction of sp³-hybridized carbons (Fsp3) is 0.240. The van der Waals surface area contributed by atoms with Gasteiger partial charge in [-0.25, -0.2) is 0 Å². The molecule has 0 spiro atoms. The summed E-state index contributed by atoms with van der Waals surface area (Å²) < 4.78 is 3.61. The van der Waals surface area contributed by atoms with Gasteiger partial charge in [-0.2, -0.15) is 5.10 Å². The van der Waals surface area contributed by atoms with Crippen molar-refractivity contribution in [3.8, 4) is 0 Å². The quantitative estimate of drug-likeness (QED) is 0.557. The Labute approximate surface area is 180 Å². The topological polar surface area (TPSA) is 68.9 Å². The van der Waals surface area contributed by atoms with Gasteiger partial charge in [0.1, 0.15) is 0 Å². The second-order valence-electron chi connectivity index (χ2n) is 8.08. The first-order chi connectivity index (χ1) is 15.1. The van der Waals surface area contributed by atoms with Crippen molar-refractivity contribution in [1.29, 1.82) is 0 Å². The number of rotatable bonds is 4. The molecular formula is C25H24N4O2. The van der Waals surface area contributed by atoms with Crippen molar-refractivity contribution in [2.75, 3.05) is 0 Å². The number of hydrogen-bond acceptors (Lipinski definition) is 3. The Morgan fingerprint density at radius 1 is 1.13 bits per heavy atom. The number of fused-ring (bicyclic) bond motifs is 2. The summed E-state index contributed by atoms with van der Waals surface area (Å²) in [4.78, 5) is 25.6. The molecule has 1 unspecified atom stereocenters. The number of hydrogen-bond donors (Lipinski definition) is 1. The first-order valence-electron chi connectivity index (χ1n) is 10.6. The van der Waals surface area contributed by atoms with Crippen LogP contribution in [0.1, 0.15) is 46.1 Å². The van der Waals surface area contributed by atoms with Crippen LogP contribution in [-0.4, -0.2) is 20.3 Å². The normalized spacial score (nSPS) is 15.6. The van der Waals surface area contributed by atoms with Gasteiger partial charge in [0.15, 0.2) is 0 Å². The molecule has 1 atom stereocenters. The van der Waals surface area contributed by atoms with E-state index in [1.54, 1.807) is 11.6 Å². The van der Waals surface area contributed by atoms with Gasteiger partial charge in [-0.05, 0) is 30.9 Å². The number of para-hydroxylation sites is 1. The van der Waals surface area contributed by atoms with Crippen LogP contribution in [0.5, 0.6) is 0 Å². The highest BCUT2D eigenvalue weighted by Crippen LogP contribution is 2.30. The van der Waals surface area contributed by atoms with E-state index in [2.05, 4.69) is 22.5 Å². The number of carbonyl (C=O) groups is 1. The van der Waals surface area contributed by atoms with Crippen molar-refractivity contribution in [3.63, 3.8) is 0 Å². The van der Waals surface area contributed by atoms with Crippen molar-refractivity contribution in [1.82, 2.24) is 19.7 Å². The lowest BCUT2D eigenvalue weighted by Gasteiger charge is -2.24. The minimum atomic E-state index is -0.220. The molecule has 4 aromatic rings. The van der Waals surface area contributed by atoms with Gasteiger partial charge in [-0.3, -0.25) is 14.3 Å². The zero-order chi connectivity index (χ0) is 21.4. The van der Waals surface area contributed by atoms with E-state index in [1.807, 2.05) is 53.3 Å². The molecule has 0 saturated heterocycles. The molecule has 0 fully saturated rings. The van der Waals surface area contributed by atoms with Crippen LogP contribution in [0, 0.1) is 0 Å². The largest absolute Gasteiger partial charge is 0.345 e. The Morgan fingerprint density at radius 2 is 1.90 bits per heavy atom. The summed E-state index contributed by atoms with van der Waals surface area (Å²) in [5.41, 5.74) is 4.43. The molecule has 2 aromatic carbocycles. The molecule has 0 radical (unpaired) electrons. The molecule has 2 heterocycles. The number of nitrogens with zero attached hydrogens (tertiary/aromatic N) is 3. The van der Waals surface area contributed by atoms with Gasteiger partial charge in [-0.1, -0.05) is 48.5 Å². The molecule has 156 valence electrons. The summed E-state index contributed by atoms with van der Waals surface area (Å²) in [7, 11) is 1.72. The van der Waals surface area contributed by atoms with E-state index in [9.17, 15) is 9.59 Å². The van der Waals surface area contributed by atoms with E-state index in [4.69, 9.17) is 0 Å². The highest BCUT2D eigenvalue weighted by atomic mass is 16.2. The third-order valence-corrected chi connectivity index (χ3v) is 6.14. The van der Waals surface area contributed by atoms with E-state index >= 15 is 0 Å². The first-order valence-corrected chi connectivity index (χ1v) is 10.6. The summed E-state index contributed by atoms with van der Waals surface area (Å²) in [5, 5.41) is 8.55. The van der Waals surface area contributed by atoms with Gasteiger partial charge < -0.3 is 9.88 Å². The monoisotopic (exact) mass is 412 g/mol. The average molecular weight is 412 g/mol. The molecule has 1 amide bonds. The fourth-order valence-electron chi connectivity index (χ4n) is 4.50. The Balaban J connectivity index is 1.44. The van der Waals surface area contributed by atoms with Crippen molar-refractivity contribution >= 4 is 16.8 Å². The number of nitrogens with one attached hydrogen (secondary N) is 1. The van der Waals surface area contributed by atoms with Gasteiger partial charge in [0.05, 0.1) is 29.9 Å². The lowest BCUT2D eigenvalue weighted by Crippen LogP contribution is -2.32. The molecule has 6 nitrogen and oxygen atoms in total. The molecule has 31 heavy (non-hydrogen) atoms. The number of pyridine rings is 1. The molecule has 2 aromatic heterocycles. The molecule has 0 bridgehead atoms. The zero-order valence-electron chi connectivity index (χ0n) is 17.4. The predicted octanol–water partition coefficient (Wildman–Crippen LogP) is 3.59. The number of amides is 1. The molecule has 1 N–H and O–H groups in total. The van der Waals surface area contributed by atoms with Gasteiger partial charge in [0.2, 0.25) is 0 Å². The smallest absolute Gasteiger partial charge is 0.252 e. The van der Waals surface area contributed by atoms with Crippen LogP contribution in [0.3, 0.4) is 0 Å². The van der Waals surface area contributed by atoms with Crippen LogP contribution in [0.25, 0.3) is 10.9 Å². The summed E-state index contributed by atoms with van der Waals surface area (Å²) in [6.07, 6.45) is 4.67. The molecule has 6 heteroatoms. The molecular weight excluding hydrogens is 388 g/mol. The highest BCUT2D eigenvalue weighted by Gasteiger charge is 2.26. The van der Waals surface area contributed by atoms with Gasteiger partial charge in [0.25, 0.3) is 11.5 Å². The van der Waals surface area contributed by atoms with E-state index < -0.39 is 0 Å². The minimum Gasteiger partial charge on any atom is -0.345 e. The Bertz CT molecular complexity index is 1320. The van der Waals surface area contributed by atoms with E-state index in [-0.39, 0.29) is 17.5 Å². The second-order valence-corrected chi connectivity index (χ2v) is 8.08. The maximum absolute atomic E-state index is 13.2. The highest BCUT2D eigenvalue weighted by molar-refractivity contribution is 6.06. The van der Waals surface area contributed by atoms with Gasteiger partial charge in [-0.15, -0.1) is 0 Å². The molecule has 0 aliphatic heterocycles. The Hall–Kier alpha value is -3.67. The van der Waals surface area contributed by atoms with Crippen LogP contribution in [0.2, 0.25) is 0 Å². The zero-order valence-corrected chi connectivity index (χ0v) is 17.4. The molecule has 1 aliphatic rings. The number of carbonyl (C=O) groups excluding carboxylic acids is 1. The van der Waals surface area contributed by atoms with Crippen molar-refractivity contribution in [2.45, 2.75) is 31.8 Å². The summed E-state index contributed by atoms with van der Waals surface area (Å²) in [6.45, 7) is 0.718. The summed E-state index contributed by atoms with van der Waals surface area (Å²) in [6, 6.07) is 19.1. The summed E-state index contributed by atoms with van der Waals surface area (Å²) in [5.74, 6) is -0.220. The average Bonchev–Trinajstić information content (AvgIpc) is 3.20. The van der Waals surface area contributed by atoms with Crippen LogP contribution < -0.4 is 10.9 Å². The second kappa shape index (κ2) is 7.87. The maximum Gasteiger partial charge on any atom is 0.252 e. The van der Waals surface area contributed by atoms with Gasteiger partial charge in [0, 0.05) is 29.8 Å². The van der Waals surface area contributed by atoms with Crippen molar-refractivity contribution in [3.05, 3.63) is 99.6 Å². The SMILES string of the molecule is Cn1c(=O)cc(C(=O)NC2CCCc3c2cnn3Cc2ccccc2)c2ccccc21. The van der Waals surface area contributed by atoms with Crippen LogP contribution in [0.15, 0.2) is 71.7 Å². The lowest BCUT2D eigenvalue weighted by molar-refractivity contribution is 0.0934. The number of benzene rings is 2. The van der Waals surface area contributed by atoms with E-state index in [0.29, 0.717) is 5.56 Å². The van der Waals surface area contributed by atoms with Crippen LogP contribution in [-0.2, 0) is 20.0 Å². The van der Waals surface area contributed by atoms with Crippen molar-refractivity contribution in [2.24, 2.45) is 7.05 Å². The third-order valence-electron chi connectivity index (χ3n) is 6.14. The first kappa shape index (κ1) is 19.3. The third kappa shape index (κ3) is 3.54. The fourth-order valence-corrected chi connectivity index (χ4v) is 4.50.